The molecule has 2 aliphatic heterocycles. The molecule has 0 bridgehead atoms. The monoisotopic (exact) mass is 495 g/mol. The number of benzene rings is 1. The number of ether oxygens (including phenoxy) is 6. The third kappa shape index (κ3) is 6.37. The van der Waals surface area contributed by atoms with Crippen LogP contribution < -0.4 is 5.32 Å². The van der Waals surface area contributed by atoms with E-state index in [1.165, 1.54) is 19.2 Å². The zero-order chi connectivity index (χ0) is 25.1. The molecule has 0 aromatic heterocycles. The first kappa shape index (κ1) is 26.0. The summed E-state index contributed by atoms with van der Waals surface area (Å²) in [6.07, 6.45) is 0.536. The molecule has 2 unspecified atom stereocenters. The molecular weight excluding hydrogens is 461 g/mol. The summed E-state index contributed by atoms with van der Waals surface area (Å²) in [6.45, 7) is 4.42. The SMILES string of the molecule is COC(=O)COC1C[C@](OCc2ccc(F)cc2)(C(=O)NCC2CCCO2)C[C@H]2OC(C)(C)O[C@@H]12. The van der Waals surface area contributed by atoms with Crippen LogP contribution in [0.3, 0.4) is 0 Å². The predicted octanol–water partition coefficient (Wildman–Crippen LogP) is 2.25. The van der Waals surface area contributed by atoms with Crippen molar-refractivity contribution in [3.8, 4) is 0 Å². The number of halogens is 1. The topological polar surface area (TPSA) is 102 Å². The van der Waals surface area contributed by atoms with E-state index < -0.39 is 35.7 Å². The normalized spacial score (nSPS) is 31.7. The predicted molar refractivity (Wildman–Crippen MR) is 121 cm³/mol. The number of amides is 1. The van der Waals surface area contributed by atoms with E-state index in [4.69, 9.17) is 28.4 Å². The van der Waals surface area contributed by atoms with Gasteiger partial charge in [0.2, 0.25) is 0 Å². The van der Waals surface area contributed by atoms with E-state index >= 15 is 0 Å². The van der Waals surface area contributed by atoms with Gasteiger partial charge in [-0.25, -0.2) is 9.18 Å². The lowest BCUT2D eigenvalue weighted by atomic mass is 9.78. The van der Waals surface area contributed by atoms with E-state index in [-0.39, 0.29) is 43.9 Å². The van der Waals surface area contributed by atoms with Crippen LogP contribution in [0.25, 0.3) is 0 Å². The second kappa shape index (κ2) is 10.9. The Bertz CT molecular complexity index is 888. The standard InChI is InChI=1S/C25H34FNO8/c1-24(2)34-20-12-25(23(29)27-13-18-5-4-10-31-18,33-14-16-6-8-17(26)9-7-16)11-19(22(20)35-24)32-15-21(28)30-3/h6-9,18-20,22H,4-5,10-15H2,1-3H3,(H,27,29)/t18?,19?,20-,22+,25-/m1/s1. The van der Waals surface area contributed by atoms with Gasteiger partial charge in [0.05, 0.1) is 32.0 Å². The highest BCUT2D eigenvalue weighted by molar-refractivity contribution is 5.85. The Morgan fingerprint density at radius 3 is 2.63 bits per heavy atom. The molecular formula is C25H34FNO8. The van der Waals surface area contributed by atoms with E-state index in [0.29, 0.717) is 13.2 Å². The summed E-state index contributed by atoms with van der Waals surface area (Å²) in [5, 5.41) is 2.99. The first-order valence-electron chi connectivity index (χ1n) is 12.0. The summed E-state index contributed by atoms with van der Waals surface area (Å²) in [6, 6.07) is 5.92. The van der Waals surface area contributed by atoms with Crippen LogP contribution in [-0.2, 0) is 44.6 Å². The number of carbonyl (C=O) groups excluding carboxylic acids is 2. The van der Waals surface area contributed by atoms with E-state index in [0.717, 1.165) is 18.4 Å². The van der Waals surface area contributed by atoms with Gasteiger partial charge < -0.3 is 33.7 Å². The Morgan fingerprint density at radius 1 is 1.17 bits per heavy atom. The molecule has 35 heavy (non-hydrogen) atoms. The zero-order valence-electron chi connectivity index (χ0n) is 20.4. The van der Waals surface area contributed by atoms with Gasteiger partial charge in [-0.15, -0.1) is 0 Å². The van der Waals surface area contributed by atoms with Crippen molar-refractivity contribution in [3.63, 3.8) is 0 Å². The molecule has 2 heterocycles. The van der Waals surface area contributed by atoms with Gasteiger partial charge in [0.1, 0.15) is 18.5 Å². The van der Waals surface area contributed by atoms with Crippen LogP contribution in [0.2, 0.25) is 0 Å². The highest BCUT2D eigenvalue weighted by Gasteiger charge is 2.58. The molecule has 1 saturated carbocycles. The van der Waals surface area contributed by atoms with Crippen LogP contribution in [-0.4, -0.2) is 74.5 Å². The van der Waals surface area contributed by atoms with Crippen molar-refractivity contribution in [2.45, 2.75) is 81.9 Å². The van der Waals surface area contributed by atoms with Gasteiger partial charge >= 0.3 is 5.97 Å². The second-order valence-corrected chi connectivity index (χ2v) is 9.73. The molecule has 4 rings (SSSR count). The van der Waals surface area contributed by atoms with Crippen LogP contribution in [0.1, 0.15) is 45.1 Å². The Balaban J connectivity index is 1.56. The summed E-state index contributed by atoms with van der Waals surface area (Å²) in [5.41, 5.74) is -0.602. The maximum absolute atomic E-state index is 13.6. The Hall–Kier alpha value is -2.11. The Labute approximate surface area is 204 Å². The molecule has 10 heteroatoms. The van der Waals surface area contributed by atoms with Gasteiger partial charge in [-0.3, -0.25) is 4.79 Å². The second-order valence-electron chi connectivity index (χ2n) is 9.73. The Kier molecular flexibility index (Phi) is 8.07. The first-order valence-corrected chi connectivity index (χ1v) is 12.0. The van der Waals surface area contributed by atoms with Crippen molar-refractivity contribution in [2.24, 2.45) is 0 Å². The lowest BCUT2D eigenvalue weighted by Gasteiger charge is -2.43. The van der Waals surface area contributed by atoms with Crippen molar-refractivity contribution in [1.82, 2.24) is 5.32 Å². The molecule has 1 aliphatic carbocycles. The zero-order valence-corrected chi connectivity index (χ0v) is 20.4. The number of methoxy groups -OCH3 is 1. The average Bonchev–Trinajstić information content (AvgIpc) is 3.46. The van der Waals surface area contributed by atoms with Gasteiger partial charge in [0.25, 0.3) is 5.91 Å². The Morgan fingerprint density at radius 2 is 1.94 bits per heavy atom. The minimum absolute atomic E-state index is 0.0409. The first-order chi connectivity index (χ1) is 16.7. The number of nitrogens with one attached hydrogen (secondary N) is 1. The van der Waals surface area contributed by atoms with Gasteiger partial charge in [-0.1, -0.05) is 12.1 Å². The molecule has 0 spiro atoms. The maximum Gasteiger partial charge on any atom is 0.331 e. The fourth-order valence-corrected chi connectivity index (χ4v) is 4.92. The fraction of sp³-hybridized carbons (Fsp3) is 0.680. The summed E-state index contributed by atoms with van der Waals surface area (Å²) < 4.78 is 48.1. The van der Waals surface area contributed by atoms with Gasteiger partial charge in [0.15, 0.2) is 11.4 Å². The van der Waals surface area contributed by atoms with Crippen molar-refractivity contribution in [1.29, 1.82) is 0 Å². The van der Waals surface area contributed by atoms with Gasteiger partial charge in [0, 0.05) is 26.0 Å². The van der Waals surface area contributed by atoms with Crippen LogP contribution in [0.4, 0.5) is 4.39 Å². The summed E-state index contributed by atoms with van der Waals surface area (Å²) >= 11 is 0. The minimum Gasteiger partial charge on any atom is -0.467 e. The number of carbonyl (C=O) groups is 2. The van der Waals surface area contributed by atoms with Crippen LogP contribution >= 0.6 is 0 Å². The number of hydrogen-bond donors (Lipinski definition) is 1. The molecule has 0 radical (unpaired) electrons. The number of hydrogen-bond acceptors (Lipinski definition) is 8. The van der Waals surface area contributed by atoms with Crippen molar-refractivity contribution >= 4 is 11.9 Å². The van der Waals surface area contributed by atoms with Gasteiger partial charge in [-0.2, -0.15) is 0 Å². The van der Waals surface area contributed by atoms with Crippen LogP contribution in [0.5, 0.6) is 0 Å². The van der Waals surface area contributed by atoms with E-state index in [1.54, 1.807) is 26.0 Å². The largest absolute Gasteiger partial charge is 0.467 e. The molecule has 2 saturated heterocycles. The van der Waals surface area contributed by atoms with E-state index in [1.807, 2.05) is 0 Å². The smallest absolute Gasteiger partial charge is 0.331 e. The third-order valence-corrected chi connectivity index (χ3v) is 6.65. The summed E-state index contributed by atoms with van der Waals surface area (Å²) in [7, 11) is 1.28. The number of fused-ring (bicyclic) bond motifs is 1. The quantitative estimate of drug-likeness (QED) is 0.521. The molecule has 1 aromatic carbocycles. The number of esters is 1. The molecule has 3 aliphatic rings. The fourth-order valence-electron chi connectivity index (χ4n) is 4.92. The lowest BCUT2D eigenvalue weighted by molar-refractivity contribution is -0.185. The lowest BCUT2D eigenvalue weighted by Crippen LogP contribution is -2.60. The van der Waals surface area contributed by atoms with Crippen molar-refractivity contribution in [2.75, 3.05) is 26.9 Å². The minimum atomic E-state index is -1.32. The molecule has 3 fully saturated rings. The molecule has 5 atom stereocenters. The van der Waals surface area contributed by atoms with Crippen LogP contribution in [0, 0.1) is 5.82 Å². The maximum atomic E-state index is 13.6. The molecule has 194 valence electrons. The molecule has 1 aromatic rings. The van der Waals surface area contributed by atoms with Crippen molar-refractivity contribution in [3.05, 3.63) is 35.6 Å². The van der Waals surface area contributed by atoms with E-state index in [2.05, 4.69) is 5.32 Å². The highest BCUT2D eigenvalue weighted by Crippen LogP contribution is 2.44. The van der Waals surface area contributed by atoms with E-state index in [9.17, 15) is 14.0 Å². The van der Waals surface area contributed by atoms with Crippen molar-refractivity contribution < 1.29 is 42.4 Å². The molecule has 1 N–H and O–H groups in total. The van der Waals surface area contributed by atoms with Gasteiger partial charge in [-0.05, 0) is 44.4 Å². The number of rotatable bonds is 9. The summed E-state index contributed by atoms with van der Waals surface area (Å²) in [5.74, 6) is -2.09. The highest BCUT2D eigenvalue weighted by atomic mass is 19.1. The average molecular weight is 496 g/mol. The van der Waals surface area contributed by atoms with Crippen LogP contribution in [0.15, 0.2) is 24.3 Å². The molecule has 1 amide bonds. The third-order valence-electron chi connectivity index (χ3n) is 6.65. The summed E-state index contributed by atoms with van der Waals surface area (Å²) in [4.78, 5) is 25.4. The molecule has 9 nitrogen and oxygen atoms in total.